The molecule has 4 nitrogen and oxygen atoms in total. The molecule has 1 aromatic rings. The minimum Gasteiger partial charge on any atom is -0.481 e. The van der Waals surface area contributed by atoms with Crippen molar-refractivity contribution in [3.63, 3.8) is 0 Å². The van der Waals surface area contributed by atoms with Gasteiger partial charge >= 0.3 is 5.97 Å². The second kappa shape index (κ2) is 7.94. The van der Waals surface area contributed by atoms with Crippen molar-refractivity contribution in [2.24, 2.45) is 5.92 Å². The number of carboxylic acids is 1. The summed E-state index contributed by atoms with van der Waals surface area (Å²) < 4.78 is 0. The van der Waals surface area contributed by atoms with Crippen LogP contribution in [0.25, 0.3) is 0 Å². The third kappa shape index (κ3) is 5.25. The summed E-state index contributed by atoms with van der Waals surface area (Å²) in [7, 11) is 0. The molecular formula is C15H21NO3S. The van der Waals surface area contributed by atoms with Crippen LogP contribution in [0.2, 0.25) is 0 Å². The molecule has 0 aliphatic heterocycles. The number of aliphatic carboxylic acids is 1. The van der Waals surface area contributed by atoms with E-state index in [2.05, 4.69) is 5.32 Å². The fourth-order valence-corrected chi connectivity index (χ4v) is 2.80. The van der Waals surface area contributed by atoms with Gasteiger partial charge in [-0.25, -0.2) is 0 Å². The maximum absolute atomic E-state index is 12.2. The van der Waals surface area contributed by atoms with Crippen LogP contribution in [0.4, 0.5) is 5.69 Å². The lowest BCUT2D eigenvalue weighted by molar-refractivity contribution is -0.136. The molecule has 0 radical (unpaired) electrons. The van der Waals surface area contributed by atoms with E-state index in [-0.39, 0.29) is 23.5 Å². The van der Waals surface area contributed by atoms with Gasteiger partial charge in [-0.1, -0.05) is 32.9 Å². The SMILES string of the molecule is CCSC(C(=O)Nc1ccc(CC(=O)O)cc1)C(C)C. The Hall–Kier alpha value is -1.49. The first-order valence-electron chi connectivity index (χ1n) is 6.67. The van der Waals surface area contributed by atoms with Crippen molar-refractivity contribution in [2.75, 3.05) is 11.1 Å². The number of nitrogens with one attached hydrogen (secondary N) is 1. The molecule has 0 aliphatic carbocycles. The molecule has 2 N–H and O–H groups in total. The zero-order valence-corrected chi connectivity index (χ0v) is 12.9. The van der Waals surface area contributed by atoms with Crippen molar-refractivity contribution in [2.45, 2.75) is 32.4 Å². The highest BCUT2D eigenvalue weighted by Gasteiger charge is 2.21. The Morgan fingerprint density at radius 1 is 1.25 bits per heavy atom. The van der Waals surface area contributed by atoms with E-state index in [1.807, 2.05) is 20.8 Å². The molecule has 1 amide bonds. The Bertz CT molecular complexity index is 457. The molecule has 0 aromatic heterocycles. The van der Waals surface area contributed by atoms with Crippen molar-refractivity contribution in [3.05, 3.63) is 29.8 Å². The van der Waals surface area contributed by atoms with E-state index in [0.717, 1.165) is 11.3 Å². The zero-order valence-electron chi connectivity index (χ0n) is 12.1. The molecule has 110 valence electrons. The normalized spacial score (nSPS) is 12.2. The molecule has 0 saturated carbocycles. The van der Waals surface area contributed by atoms with E-state index < -0.39 is 5.97 Å². The van der Waals surface area contributed by atoms with Crippen LogP contribution < -0.4 is 5.32 Å². The maximum Gasteiger partial charge on any atom is 0.307 e. The number of anilines is 1. The third-order valence-corrected chi connectivity index (χ3v) is 4.24. The molecular weight excluding hydrogens is 274 g/mol. The van der Waals surface area contributed by atoms with Gasteiger partial charge in [0.1, 0.15) is 0 Å². The zero-order chi connectivity index (χ0) is 15.1. The van der Waals surface area contributed by atoms with Crippen LogP contribution in [0.3, 0.4) is 0 Å². The van der Waals surface area contributed by atoms with Crippen molar-refractivity contribution in [1.82, 2.24) is 0 Å². The molecule has 0 saturated heterocycles. The number of hydrogen-bond donors (Lipinski definition) is 2. The van der Waals surface area contributed by atoms with Gasteiger partial charge in [0.15, 0.2) is 0 Å². The van der Waals surface area contributed by atoms with Gasteiger partial charge in [-0.15, -0.1) is 11.8 Å². The average molecular weight is 295 g/mol. The Morgan fingerprint density at radius 3 is 2.30 bits per heavy atom. The number of carbonyl (C=O) groups excluding carboxylic acids is 1. The fraction of sp³-hybridized carbons (Fsp3) is 0.467. The van der Waals surface area contributed by atoms with Gasteiger partial charge in [0.2, 0.25) is 5.91 Å². The summed E-state index contributed by atoms with van der Waals surface area (Å²) in [5.74, 6) is 0.304. The Kier molecular flexibility index (Phi) is 6.58. The summed E-state index contributed by atoms with van der Waals surface area (Å²) in [5.41, 5.74) is 1.42. The summed E-state index contributed by atoms with van der Waals surface area (Å²) in [5, 5.41) is 11.5. The van der Waals surface area contributed by atoms with Crippen molar-refractivity contribution in [1.29, 1.82) is 0 Å². The number of amides is 1. The molecule has 0 spiro atoms. The summed E-state index contributed by atoms with van der Waals surface area (Å²) in [6.45, 7) is 6.10. The van der Waals surface area contributed by atoms with Gasteiger partial charge in [0, 0.05) is 5.69 Å². The van der Waals surface area contributed by atoms with E-state index in [1.165, 1.54) is 0 Å². The predicted octanol–water partition coefficient (Wildman–Crippen LogP) is 3.03. The summed E-state index contributed by atoms with van der Waals surface area (Å²) in [6, 6.07) is 6.93. The van der Waals surface area contributed by atoms with E-state index in [4.69, 9.17) is 5.11 Å². The van der Waals surface area contributed by atoms with Gasteiger partial charge in [0.05, 0.1) is 11.7 Å². The maximum atomic E-state index is 12.2. The quantitative estimate of drug-likeness (QED) is 0.811. The van der Waals surface area contributed by atoms with Gasteiger partial charge in [0.25, 0.3) is 0 Å². The lowest BCUT2D eigenvalue weighted by Gasteiger charge is -2.19. The Labute approximate surface area is 124 Å². The van der Waals surface area contributed by atoms with Gasteiger partial charge in [-0.3, -0.25) is 9.59 Å². The number of carbonyl (C=O) groups is 2. The summed E-state index contributed by atoms with van der Waals surface area (Å²) in [4.78, 5) is 22.8. The highest BCUT2D eigenvalue weighted by atomic mass is 32.2. The van der Waals surface area contributed by atoms with Crippen molar-refractivity contribution < 1.29 is 14.7 Å². The van der Waals surface area contributed by atoms with Crippen LogP contribution in [0.1, 0.15) is 26.3 Å². The second-order valence-corrected chi connectivity index (χ2v) is 6.30. The molecule has 5 heteroatoms. The van der Waals surface area contributed by atoms with Crippen LogP contribution in [-0.4, -0.2) is 28.0 Å². The van der Waals surface area contributed by atoms with Gasteiger partial charge < -0.3 is 10.4 Å². The molecule has 0 bridgehead atoms. The molecule has 0 aliphatic rings. The molecule has 0 fully saturated rings. The average Bonchev–Trinajstić information content (AvgIpc) is 2.37. The van der Waals surface area contributed by atoms with E-state index >= 15 is 0 Å². The van der Waals surface area contributed by atoms with Crippen molar-refractivity contribution >= 4 is 29.3 Å². The minimum atomic E-state index is -0.860. The first-order valence-corrected chi connectivity index (χ1v) is 7.72. The molecule has 1 aromatic carbocycles. The molecule has 1 unspecified atom stereocenters. The molecule has 1 rings (SSSR count). The Morgan fingerprint density at radius 2 is 1.85 bits per heavy atom. The van der Waals surface area contributed by atoms with Crippen LogP contribution in [0, 0.1) is 5.92 Å². The molecule has 1 atom stereocenters. The van der Waals surface area contributed by atoms with Crippen LogP contribution in [0.5, 0.6) is 0 Å². The highest BCUT2D eigenvalue weighted by Crippen LogP contribution is 2.21. The fourth-order valence-electron chi connectivity index (χ4n) is 1.84. The lowest BCUT2D eigenvalue weighted by atomic mass is 10.1. The lowest BCUT2D eigenvalue weighted by Crippen LogP contribution is -2.29. The van der Waals surface area contributed by atoms with Gasteiger partial charge in [-0.05, 0) is 29.4 Å². The monoisotopic (exact) mass is 295 g/mol. The van der Waals surface area contributed by atoms with Gasteiger partial charge in [-0.2, -0.15) is 0 Å². The second-order valence-electron chi connectivity index (χ2n) is 4.88. The topological polar surface area (TPSA) is 66.4 Å². The number of rotatable bonds is 7. The summed E-state index contributed by atoms with van der Waals surface area (Å²) >= 11 is 1.63. The standard InChI is InChI=1S/C15H21NO3S/c1-4-20-14(10(2)3)15(19)16-12-7-5-11(6-8-12)9-13(17)18/h5-8,10,14H,4,9H2,1-3H3,(H,16,19)(H,17,18). The van der Waals surface area contributed by atoms with Crippen molar-refractivity contribution in [3.8, 4) is 0 Å². The largest absolute Gasteiger partial charge is 0.481 e. The van der Waals surface area contributed by atoms with E-state index in [1.54, 1.807) is 36.0 Å². The predicted molar refractivity (Wildman–Crippen MR) is 83.2 cm³/mol. The smallest absolute Gasteiger partial charge is 0.307 e. The van der Waals surface area contributed by atoms with Crippen LogP contribution in [-0.2, 0) is 16.0 Å². The molecule has 0 heterocycles. The van der Waals surface area contributed by atoms with Crippen LogP contribution in [0.15, 0.2) is 24.3 Å². The highest BCUT2D eigenvalue weighted by molar-refractivity contribution is 8.00. The Balaban J connectivity index is 2.67. The first kappa shape index (κ1) is 16.6. The number of thioether (sulfide) groups is 1. The third-order valence-electron chi connectivity index (χ3n) is 2.79. The summed E-state index contributed by atoms with van der Waals surface area (Å²) in [6.07, 6.45) is -0.00542. The first-order chi connectivity index (χ1) is 9.43. The number of carboxylic acid groups (broad SMARTS) is 1. The number of benzene rings is 1. The molecule has 20 heavy (non-hydrogen) atoms. The van der Waals surface area contributed by atoms with E-state index in [0.29, 0.717) is 5.69 Å². The minimum absolute atomic E-state index is 0.00201. The van der Waals surface area contributed by atoms with Crippen LogP contribution >= 0.6 is 11.8 Å². The number of hydrogen-bond acceptors (Lipinski definition) is 3. The van der Waals surface area contributed by atoms with E-state index in [9.17, 15) is 9.59 Å².